The van der Waals surface area contributed by atoms with Crippen LogP contribution < -0.4 is 5.32 Å². The fourth-order valence-corrected chi connectivity index (χ4v) is 4.41. The Balaban J connectivity index is 1.53. The van der Waals surface area contributed by atoms with Crippen LogP contribution in [0.15, 0.2) is 23.4 Å². The molecule has 3 rings (SSSR count). The summed E-state index contributed by atoms with van der Waals surface area (Å²) in [6, 6.07) is 6.32. The Labute approximate surface area is 194 Å². The first-order valence-corrected chi connectivity index (χ1v) is 11.9. The normalized spacial score (nSPS) is 15.0. The van der Waals surface area contributed by atoms with E-state index in [1.54, 1.807) is 4.90 Å². The van der Waals surface area contributed by atoms with Crippen molar-refractivity contribution in [3.63, 3.8) is 0 Å². The van der Waals surface area contributed by atoms with Gasteiger partial charge in [-0.3, -0.25) is 9.36 Å². The summed E-state index contributed by atoms with van der Waals surface area (Å²) in [5.74, 6) is 1.00. The highest BCUT2D eigenvalue weighted by Crippen LogP contribution is 2.25. The first kappa shape index (κ1) is 24.1. The molecule has 9 heteroatoms. The molecule has 1 aliphatic heterocycles. The van der Waals surface area contributed by atoms with Crippen LogP contribution in [0.25, 0.3) is 5.69 Å². The molecule has 0 atom stereocenters. The molecule has 2 aromatic rings. The van der Waals surface area contributed by atoms with Gasteiger partial charge in [-0.25, -0.2) is 4.79 Å². The van der Waals surface area contributed by atoms with Gasteiger partial charge in [-0.15, -0.1) is 10.2 Å². The van der Waals surface area contributed by atoms with Crippen LogP contribution in [0.3, 0.4) is 0 Å². The molecular formula is C23H33N5O3S. The van der Waals surface area contributed by atoms with E-state index in [1.807, 2.05) is 32.3 Å². The highest BCUT2D eigenvalue weighted by Gasteiger charge is 2.27. The fraction of sp³-hybridized carbons (Fsp3) is 0.565. The van der Waals surface area contributed by atoms with Crippen LogP contribution >= 0.6 is 11.8 Å². The van der Waals surface area contributed by atoms with Crippen molar-refractivity contribution in [2.75, 3.05) is 18.8 Å². The third-order valence-corrected chi connectivity index (χ3v) is 6.17. The van der Waals surface area contributed by atoms with Gasteiger partial charge >= 0.3 is 6.09 Å². The molecule has 1 aliphatic rings. The quantitative estimate of drug-likeness (QED) is 0.684. The minimum atomic E-state index is -0.505. The number of piperidine rings is 1. The molecule has 1 aromatic heterocycles. The molecule has 1 fully saturated rings. The van der Waals surface area contributed by atoms with Crippen LogP contribution in [0.1, 0.15) is 50.6 Å². The molecule has 1 aromatic carbocycles. The number of hydrogen-bond acceptors (Lipinski definition) is 6. The van der Waals surface area contributed by atoms with Gasteiger partial charge in [0, 0.05) is 19.1 Å². The SMILES string of the molecule is Cc1ccc(C)c(-n2c(C)nnc2SCC(=O)NC2CCN(C(=O)OC(C)(C)C)CC2)c1. The van der Waals surface area contributed by atoms with Crippen molar-refractivity contribution in [3.8, 4) is 5.69 Å². The van der Waals surface area contributed by atoms with E-state index in [0.29, 0.717) is 31.1 Å². The number of aromatic nitrogens is 3. The highest BCUT2D eigenvalue weighted by atomic mass is 32.2. The third kappa shape index (κ3) is 6.25. The number of ether oxygens (including phenoxy) is 1. The summed E-state index contributed by atoms with van der Waals surface area (Å²) in [4.78, 5) is 26.5. The molecule has 174 valence electrons. The Morgan fingerprint density at radius 3 is 2.50 bits per heavy atom. The largest absolute Gasteiger partial charge is 0.444 e. The van der Waals surface area contributed by atoms with Crippen molar-refractivity contribution in [3.05, 3.63) is 35.2 Å². The number of likely N-dealkylation sites (tertiary alicyclic amines) is 1. The van der Waals surface area contributed by atoms with Crippen molar-refractivity contribution in [1.29, 1.82) is 0 Å². The second-order valence-electron chi connectivity index (χ2n) is 9.25. The molecule has 0 unspecified atom stereocenters. The molecule has 0 aliphatic carbocycles. The van der Waals surface area contributed by atoms with Gasteiger partial charge in [-0.05, 0) is 71.6 Å². The Bertz CT molecular complexity index is 974. The van der Waals surface area contributed by atoms with Crippen LogP contribution in [0, 0.1) is 20.8 Å². The molecule has 2 heterocycles. The zero-order valence-corrected chi connectivity index (χ0v) is 20.6. The lowest BCUT2D eigenvalue weighted by Gasteiger charge is -2.33. The van der Waals surface area contributed by atoms with Gasteiger partial charge in [-0.2, -0.15) is 0 Å². The summed E-state index contributed by atoms with van der Waals surface area (Å²) in [6.45, 7) is 12.8. The molecule has 1 saturated heterocycles. The van der Waals surface area contributed by atoms with Crippen molar-refractivity contribution in [1.82, 2.24) is 25.0 Å². The summed E-state index contributed by atoms with van der Waals surface area (Å²) < 4.78 is 7.43. The lowest BCUT2D eigenvalue weighted by atomic mass is 10.1. The number of thioether (sulfide) groups is 1. The predicted molar refractivity (Wildman–Crippen MR) is 125 cm³/mol. The average molecular weight is 460 g/mol. The topological polar surface area (TPSA) is 89.4 Å². The van der Waals surface area contributed by atoms with E-state index < -0.39 is 5.60 Å². The fourth-order valence-electron chi connectivity index (χ4n) is 3.61. The molecule has 0 bridgehead atoms. The maximum absolute atomic E-state index is 12.6. The lowest BCUT2D eigenvalue weighted by molar-refractivity contribution is -0.119. The highest BCUT2D eigenvalue weighted by molar-refractivity contribution is 7.99. The Hall–Kier alpha value is -2.55. The zero-order chi connectivity index (χ0) is 23.5. The van der Waals surface area contributed by atoms with Gasteiger partial charge in [0.2, 0.25) is 5.91 Å². The minimum Gasteiger partial charge on any atom is -0.444 e. The van der Waals surface area contributed by atoms with E-state index in [-0.39, 0.29) is 23.8 Å². The number of rotatable bonds is 5. The lowest BCUT2D eigenvalue weighted by Crippen LogP contribution is -2.48. The van der Waals surface area contributed by atoms with Crippen molar-refractivity contribution in [2.45, 2.75) is 71.2 Å². The Morgan fingerprint density at radius 2 is 1.84 bits per heavy atom. The van der Waals surface area contributed by atoms with Gasteiger partial charge < -0.3 is 15.0 Å². The zero-order valence-electron chi connectivity index (χ0n) is 19.8. The second kappa shape index (κ2) is 9.94. The summed E-state index contributed by atoms with van der Waals surface area (Å²) in [7, 11) is 0. The van der Waals surface area contributed by atoms with E-state index in [4.69, 9.17) is 4.74 Å². The standard InChI is InChI=1S/C23H33N5O3S/c1-15-7-8-16(2)19(13-15)28-17(3)25-26-21(28)32-14-20(29)24-18-9-11-27(12-10-18)22(30)31-23(4,5)6/h7-8,13,18H,9-12,14H2,1-6H3,(H,24,29). The number of amides is 2. The predicted octanol–water partition coefficient (Wildman–Crippen LogP) is 3.80. The van der Waals surface area contributed by atoms with Crippen molar-refractivity contribution < 1.29 is 14.3 Å². The van der Waals surface area contributed by atoms with E-state index >= 15 is 0 Å². The van der Waals surface area contributed by atoms with Crippen LogP contribution in [0.4, 0.5) is 4.79 Å². The van der Waals surface area contributed by atoms with E-state index in [9.17, 15) is 9.59 Å². The first-order valence-electron chi connectivity index (χ1n) is 10.9. The van der Waals surface area contributed by atoms with Crippen molar-refractivity contribution in [2.24, 2.45) is 0 Å². The van der Waals surface area contributed by atoms with Gasteiger partial charge in [0.05, 0.1) is 11.4 Å². The Morgan fingerprint density at radius 1 is 1.16 bits per heavy atom. The summed E-state index contributed by atoms with van der Waals surface area (Å²) >= 11 is 1.38. The van der Waals surface area contributed by atoms with E-state index in [2.05, 4.69) is 47.6 Å². The monoisotopic (exact) mass is 459 g/mol. The number of benzene rings is 1. The van der Waals surface area contributed by atoms with Gasteiger partial charge in [0.25, 0.3) is 0 Å². The minimum absolute atomic E-state index is 0.0427. The van der Waals surface area contributed by atoms with Crippen LogP contribution in [-0.2, 0) is 9.53 Å². The molecule has 8 nitrogen and oxygen atoms in total. The molecule has 0 radical (unpaired) electrons. The van der Waals surface area contributed by atoms with Crippen LogP contribution in [0.5, 0.6) is 0 Å². The van der Waals surface area contributed by atoms with E-state index in [1.165, 1.54) is 11.8 Å². The second-order valence-corrected chi connectivity index (χ2v) is 10.2. The first-order chi connectivity index (χ1) is 15.0. The van der Waals surface area contributed by atoms with Crippen molar-refractivity contribution >= 4 is 23.8 Å². The summed E-state index contributed by atoms with van der Waals surface area (Å²) in [5, 5.41) is 12.3. The number of nitrogens with one attached hydrogen (secondary N) is 1. The van der Waals surface area contributed by atoms with Gasteiger partial charge in [0.15, 0.2) is 5.16 Å². The molecule has 32 heavy (non-hydrogen) atoms. The Kier molecular flexibility index (Phi) is 7.48. The third-order valence-electron chi connectivity index (χ3n) is 5.24. The molecule has 0 saturated carbocycles. The average Bonchev–Trinajstić information content (AvgIpc) is 3.07. The molecule has 0 spiro atoms. The molecule has 1 N–H and O–H groups in total. The number of carbonyl (C=O) groups excluding carboxylic acids is 2. The molecule has 2 amide bonds. The number of hydrogen-bond donors (Lipinski definition) is 1. The van der Waals surface area contributed by atoms with Crippen LogP contribution in [-0.4, -0.2) is 62.2 Å². The number of carbonyl (C=O) groups is 2. The van der Waals surface area contributed by atoms with Crippen LogP contribution in [0.2, 0.25) is 0 Å². The summed E-state index contributed by atoms with van der Waals surface area (Å²) in [6.07, 6.45) is 1.14. The van der Waals surface area contributed by atoms with Gasteiger partial charge in [0.1, 0.15) is 11.4 Å². The maximum Gasteiger partial charge on any atom is 0.410 e. The summed E-state index contributed by atoms with van der Waals surface area (Å²) in [5.41, 5.74) is 2.81. The number of aryl methyl sites for hydroxylation is 3. The van der Waals surface area contributed by atoms with Gasteiger partial charge in [-0.1, -0.05) is 23.9 Å². The number of nitrogens with zero attached hydrogens (tertiary/aromatic N) is 4. The maximum atomic E-state index is 12.6. The molecular weight excluding hydrogens is 426 g/mol. The smallest absolute Gasteiger partial charge is 0.410 e. The van der Waals surface area contributed by atoms with E-state index in [0.717, 1.165) is 22.6 Å².